The molecule has 1 aromatic carbocycles. The van der Waals surface area contributed by atoms with Gasteiger partial charge in [0.25, 0.3) is 5.91 Å². The number of carboxylic acid groups (broad SMARTS) is 1. The maximum Gasteiger partial charge on any atom is 0.303 e. The van der Waals surface area contributed by atoms with Crippen molar-refractivity contribution in [1.82, 2.24) is 4.90 Å². The van der Waals surface area contributed by atoms with Crippen LogP contribution < -0.4 is 0 Å². The highest BCUT2D eigenvalue weighted by Crippen LogP contribution is 2.33. The Morgan fingerprint density at radius 3 is 2.71 bits per heavy atom. The van der Waals surface area contributed by atoms with Crippen molar-refractivity contribution in [2.24, 2.45) is 0 Å². The second kappa shape index (κ2) is 8.44. The summed E-state index contributed by atoms with van der Waals surface area (Å²) < 4.78 is 0.578. The lowest BCUT2D eigenvalue weighted by atomic mass is 10.1. The summed E-state index contributed by atoms with van der Waals surface area (Å²) in [5.41, 5.74) is 3.36. The molecule has 2 rings (SSSR count). The van der Waals surface area contributed by atoms with Crippen molar-refractivity contribution in [3.8, 4) is 0 Å². The summed E-state index contributed by atoms with van der Waals surface area (Å²) >= 11 is 6.65. The van der Waals surface area contributed by atoms with Crippen LogP contribution in [0.2, 0.25) is 0 Å². The van der Waals surface area contributed by atoms with Gasteiger partial charge < -0.3 is 5.11 Å². The highest BCUT2D eigenvalue weighted by atomic mass is 32.2. The predicted octanol–water partition coefficient (Wildman–Crippen LogP) is 4.15. The molecule has 1 aliphatic rings. The lowest BCUT2D eigenvalue weighted by Crippen LogP contribution is -2.29. The molecule has 0 atom stereocenters. The molecule has 128 valence electrons. The van der Waals surface area contributed by atoms with E-state index in [9.17, 15) is 9.59 Å². The first-order chi connectivity index (χ1) is 11.4. The number of aryl methyl sites for hydroxylation is 2. The van der Waals surface area contributed by atoms with Crippen LogP contribution in [0.5, 0.6) is 0 Å². The summed E-state index contributed by atoms with van der Waals surface area (Å²) in [6.45, 7) is 4.62. The molecule has 1 heterocycles. The first kappa shape index (κ1) is 18.7. The summed E-state index contributed by atoms with van der Waals surface area (Å²) in [5, 5.41) is 8.63. The molecule has 4 nitrogen and oxygen atoms in total. The first-order valence-electron chi connectivity index (χ1n) is 7.93. The molecule has 0 aliphatic carbocycles. The van der Waals surface area contributed by atoms with Gasteiger partial charge in [0.1, 0.15) is 4.32 Å². The summed E-state index contributed by atoms with van der Waals surface area (Å²) in [7, 11) is 0. The number of carboxylic acids is 1. The van der Waals surface area contributed by atoms with Gasteiger partial charge in [-0.3, -0.25) is 14.5 Å². The van der Waals surface area contributed by atoms with Gasteiger partial charge in [0.05, 0.1) is 4.91 Å². The minimum absolute atomic E-state index is 0.0526. The highest BCUT2D eigenvalue weighted by molar-refractivity contribution is 8.26. The predicted molar refractivity (Wildman–Crippen MR) is 102 cm³/mol. The van der Waals surface area contributed by atoms with Gasteiger partial charge in [-0.2, -0.15) is 0 Å². The third-order valence-electron chi connectivity index (χ3n) is 3.86. The quantitative estimate of drug-likeness (QED) is 0.448. The third-order valence-corrected chi connectivity index (χ3v) is 5.24. The third kappa shape index (κ3) is 4.92. The molecule has 1 aromatic rings. The van der Waals surface area contributed by atoms with E-state index in [1.165, 1.54) is 17.3 Å². The second-order valence-corrected chi connectivity index (χ2v) is 7.57. The van der Waals surface area contributed by atoms with Gasteiger partial charge in [-0.05, 0) is 43.9 Å². The largest absolute Gasteiger partial charge is 0.481 e. The van der Waals surface area contributed by atoms with E-state index < -0.39 is 5.97 Å². The van der Waals surface area contributed by atoms with Crippen LogP contribution in [0.15, 0.2) is 23.1 Å². The first-order valence-corrected chi connectivity index (χ1v) is 9.15. The molecule has 6 heteroatoms. The number of nitrogens with zero attached hydrogens (tertiary/aromatic N) is 1. The fraction of sp³-hybridized carbons (Fsp3) is 0.389. The molecule has 1 fully saturated rings. The standard InChI is InChI=1S/C18H21NO3S2/c1-12-7-8-14(13(2)10-12)11-15-17(22)19(18(23)24-15)9-5-3-4-6-16(20)21/h7-8,10-11H,3-6,9H2,1-2H3,(H,20,21)/b15-11-. The molecule has 0 aromatic heterocycles. The van der Waals surface area contributed by atoms with Gasteiger partial charge in [-0.25, -0.2) is 0 Å². The highest BCUT2D eigenvalue weighted by Gasteiger charge is 2.31. The van der Waals surface area contributed by atoms with Crippen molar-refractivity contribution in [3.63, 3.8) is 0 Å². The Labute approximate surface area is 151 Å². The minimum atomic E-state index is -0.781. The molecule has 1 amide bonds. The van der Waals surface area contributed by atoms with Crippen LogP contribution in [0.25, 0.3) is 6.08 Å². The van der Waals surface area contributed by atoms with E-state index in [0.29, 0.717) is 22.2 Å². The van der Waals surface area contributed by atoms with Crippen molar-refractivity contribution >= 4 is 46.3 Å². The van der Waals surface area contributed by atoms with Crippen LogP contribution in [-0.2, 0) is 9.59 Å². The number of amides is 1. The van der Waals surface area contributed by atoms with Gasteiger partial charge in [0.2, 0.25) is 0 Å². The average Bonchev–Trinajstić information content (AvgIpc) is 2.76. The maximum absolute atomic E-state index is 12.5. The van der Waals surface area contributed by atoms with Crippen LogP contribution in [0, 0.1) is 13.8 Å². The lowest BCUT2D eigenvalue weighted by molar-refractivity contribution is -0.137. The molecule has 0 spiro atoms. The summed E-state index contributed by atoms with van der Waals surface area (Å²) in [5.74, 6) is -0.833. The van der Waals surface area contributed by atoms with Crippen LogP contribution in [0.1, 0.15) is 42.4 Å². The molecule has 24 heavy (non-hydrogen) atoms. The molecular formula is C18H21NO3S2. The van der Waals surface area contributed by atoms with Crippen molar-refractivity contribution in [1.29, 1.82) is 0 Å². The van der Waals surface area contributed by atoms with E-state index >= 15 is 0 Å². The Hall–Kier alpha value is -1.66. The Morgan fingerprint density at radius 1 is 1.29 bits per heavy atom. The van der Waals surface area contributed by atoms with E-state index in [1.54, 1.807) is 4.90 Å². The fourth-order valence-corrected chi connectivity index (χ4v) is 3.84. The van der Waals surface area contributed by atoms with E-state index in [1.807, 2.05) is 32.1 Å². The Balaban J connectivity index is 1.98. The van der Waals surface area contributed by atoms with Crippen molar-refractivity contribution in [2.45, 2.75) is 39.5 Å². The average molecular weight is 364 g/mol. The Morgan fingerprint density at radius 2 is 2.04 bits per heavy atom. The zero-order valence-electron chi connectivity index (χ0n) is 13.9. The van der Waals surface area contributed by atoms with Crippen molar-refractivity contribution < 1.29 is 14.7 Å². The monoisotopic (exact) mass is 363 g/mol. The van der Waals surface area contributed by atoms with Crippen LogP contribution in [0.3, 0.4) is 0 Å². The number of unbranched alkanes of at least 4 members (excludes halogenated alkanes) is 2. The molecule has 0 saturated carbocycles. The Kier molecular flexibility index (Phi) is 6.57. The molecule has 0 bridgehead atoms. The van der Waals surface area contributed by atoms with Gasteiger partial charge in [0.15, 0.2) is 0 Å². The number of aliphatic carboxylic acids is 1. The number of hydrogen-bond donors (Lipinski definition) is 1. The topological polar surface area (TPSA) is 57.6 Å². The van der Waals surface area contributed by atoms with E-state index in [-0.39, 0.29) is 12.3 Å². The van der Waals surface area contributed by atoms with Gasteiger partial charge in [-0.15, -0.1) is 0 Å². The minimum Gasteiger partial charge on any atom is -0.481 e. The summed E-state index contributed by atoms with van der Waals surface area (Å²) in [6, 6.07) is 6.14. The zero-order valence-corrected chi connectivity index (χ0v) is 15.5. The summed E-state index contributed by atoms with van der Waals surface area (Å²) in [6.07, 6.45) is 4.24. The number of thioether (sulfide) groups is 1. The smallest absolute Gasteiger partial charge is 0.303 e. The molecular weight excluding hydrogens is 342 g/mol. The van der Waals surface area contributed by atoms with Gasteiger partial charge in [-0.1, -0.05) is 54.2 Å². The van der Waals surface area contributed by atoms with Gasteiger partial charge >= 0.3 is 5.97 Å². The number of carbonyl (C=O) groups excluding carboxylic acids is 1. The van der Waals surface area contributed by atoms with Crippen molar-refractivity contribution in [3.05, 3.63) is 39.8 Å². The number of benzene rings is 1. The molecule has 1 aliphatic heterocycles. The maximum atomic E-state index is 12.5. The fourth-order valence-electron chi connectivity index (χ4n) is 2.54. The van der Waals surface area contributed by atoms with E-state index in [4.69, 9.17) is 17.3 Å². The van der Waals surface area contributed by atoms with Crippen LogP contribution in [0.4, 0.5) is 0 Å². The van der Waals surface area contributed by atoms with Crippen molar-refractivity contribution in [2.75, 3.05) is 6.54 Å². The number of carbonyl (C=O) groups is 2. The second-order valence-electron chi connectivity index (χ2n) is 5.90. The van der Waals surface area contributed by atoms with Crippen LogP contribution in [-0.4, -0.2) is 32.7 Å². The molecule has 1 saturated heterocycles. The van der Waals surface area contributed by atoms with E-state index in [0.717, 1.165) is 24.0 Å². The summed E-state index contributed by atoms with van der Waals surface area (Å²) in [4.78, 5) is 25.3. The molecule has 0 unspecified atom stereocenters. The zero-order chi connectivity index (χ0) is 17.7. The molecule has 1 N–H and O–H groups in total. The number of hydrogen-bond acceptors (Lipinski definition) is 4. The molecule has 0 radical (unpaired) electrons. The SMILES string of the molecule is Cc1ccc(/C=C2\SC(=S)N(CCCCCC(=O)O)C2=O)c(C)c1. The van der Waals surface area contributed by atoms with E-state index in [2.05, 4.69) is 6.07 Å². The number of thiocarbonyl (C=S) groups is 1. The number of rotatable bonds is 7. The normalized spacial score (nSPS) is 16.2. The lowest BCUT2D eigenvalue weighted by Gasteiger charge is -2.13. The Bertz CT molecular complexity index is 698. The van der Waals surface area contributed by atoms with Gasteiger partial charge in [0, 0.05) is 13.0 Å². The van der Waals surface area contributed by atoms with Crippen LogP contribution >= 0.6 is 24.0 Å².